The fourth-order valence-electron chi connectivity index (χ4n) is 4.00. The first kappa shape index (κ1) is 19.8. The van der Waals surface area contributed by atoms with E-state index in [9.17, 15) is 4.79 Å². The highest BCUT2D eigenvalue weighted by molar-refractivity contribution is 6.30. The number of carbonyl (C=O) groups excluding carboxylic acids is 1. The van der Waals surface area contributed by atoms with Crippen molar-refractivity contribution in [1.29, 1.82) is 0 Å². The monoisotopic (exact) mass is 434 g/mol. The van der Waals surface area contributed by atoms with Gasteiger partial charge in [-0.1, -0.05) is 29.8 Å². The first-order valence-corrected chi connectivity index (χ1v) is 10.7. The van der Waals surface area contributed by atoms with E-state index < -0.39 is 0 Å². The van der Waals surface area contributed by atoms with Gasteiger partial charge in [0.15, 0.2) is 5.69 Å². The van der Waals surface area contributed by atoms with Gasteiger partial charge in [-0.2, -0.15) is 5.10 Å². The number of benzene rings is 1. The molecule has 8 heteroatoms. The molecule has 0 N–H and O–H groups in total. The number of piperazine rings is 1. The van der Waals surface area contributed by atoms with Crippen LogP contribution in [-0.2, 0) is 6.54 Å². The molecular weight excluding hydrogens is 412 g/mol. The summed E-state index contributed by atoms with van der Waals surface area (Å²) < 4.78 is 3.77. The van der Waals surface area contributed by atoms with E-state index in [0.717, 1.165) is 42.4 Å². The van der Waals surface area contributed by atoms with Crippen molar-refractivity contribution in [2.45, 2.75) is 13.5 Å². The number of hydrogen-bond donors (Lipinski definition) is 0. The standard InChI is InChI=1S/C23H23ClN6O/c1-17-13-21(26-30(17)20-5-3-2-4-6-20)23(31)28-11-9-27(10-12-28)15-19-16-29-14-18(24)7-8-22(29)25-19/h2-8,13-14,16H,9-12,15H2,1H3. The van der Waals surface area contributed by atoms with E-state index in [2.05, 4.69) is 15.0 Å². The van der Waals surface area contributed by atoms with Gasteiger partial charge in [0, 0.05) is 50.8 Å². The normalized spacial score (nSPS) is 15.0. The molecule has 4 aromatic rings. The lowest BCUT2D eigenvalue weighted by molar-refractivity contribution is 0.0621. The Kier molecular flexibility index (Phi) is 5.21. The van der Waals surface area contributed by atoms with E-state index in [1.54, 1.807) is 0 Å². The minimum absolute atomic E-state index is 0.0141. The molecule has 3 aromatic heterocycles. The van der Waals surface area contributed by atoms with Crippen LogP contribution >= 0.6 is 11.6 Å². The fourth-order valence-corrected chi connectivity index (χ4v) is 4.17. The number of rotatable bonds is 4. The summed E-state index contributed by atoms with van der Waals surface area (Å²) in [7, 11) is 0. The van der Waals surface area contributed by atoms with Crippen LogP contribution in [0.25, 0.3) is 11.3 Å². The summed E-state index contributed by atoms with van der Waals surface area (Å²) in [6, 6.07) is 15.5. The molecule has 5 rings (SSSR count). The van der Waals surface area contributed by atoms with Gasteiger partial charge in [0.25, 0.3) is 5.91 Å². The third kappa shape index (κ3) is 4.06. The average molecular weight is 435 g/mol. The molecule has 0 aliphatic carbocycles. The van der Waals surface area contributed by atoms with Crippen molar-refractivity contribution in [2.24, 2.45) is 0 Å². The molecule has 4 heterocycles. The zero-order valence-electron chi connectivity index (χ0n) is 17.3. The van der Waals surface area contributed by atoms with Crippen molar-refractivity contribution in [3.05, 3.63) is 83.0 Å². The molecule has 31 heavy (non-hydrogen) atoms. The smallest absolute Gasteiger partial charge is 0.274 e. The molecule has 0 unspecified atom stereocenters. The molecule has 1 aliphatic rings. The number of hydrogen-bond acceptors (Lipinski definition) is 4. The highest BCUT2D eigenvalue weighted by Gasteiger charge is 2.25. The van der Waals surface area contributed by atoms with Gasteiger partial charge in [0.05, 0.1) is 16.4 Å². The van der Waals surface area contributed by atoms with Gasteiger partial charge in [-0.25, -0.2) is 9.67 Å². The van der Waals surface area contributed by atoms with Crippen molar-refractivity contribution < 1.29 is 4.79 Å². The number of fused-ring (bicyclic) bond motifs is 1. The number of para-hydroxylation sites is 1. The zero-order chi connectivity index (χ0) is 21.4. The van der Waals surface area contributed by atoms with E-state index in [0.29, 0.717) is 23.8 Å². The first-order valence-electron chi connectivity index (χ1n) is 10.3. The number of nitrogens with zero attached hydrogens (tertiary/aromatic N) is 6. The summed E-state index contributed by atoms with van der Waals surface area (Å²) >= 11 is 6.06. The van der Waals surface area contributed by atoms with Crippen LogP contribution in [-0.4, -0.2) is 61.1 Å². The Hall–Kier alpha value is -3.16. The summed E-state index contributed by atoms with van der Waals surface area (Å²) in [6.45, 7) is 5.68. The highest BCUT2D eigenvalue weighted by Crippen LogP contribution is 2.16. The number of carbonyl (C=O) groups is 1. The Balaban J connectivity index is 1.22. The van der Waals surface area contributed by atoms with Crippen LogP contribution in [0.1, 0.15) is 21.9 Å². The molecule has 1 aliphatic heterocycles. The molecular formula is C23H23ClN6O. The zero-order valence-corrected chi connectivity index (χ0v) is 18.0. The Morgan fingerprint density at radius 2 is 1.81 bits per heavy atom. The second kappa shape index (κ2) is 8.17. The number of halogens is 1. The molecule has 0 bridgehead atoms. The van der Waals surface area contributed by atoms with Crippen LogP contribution < -0.4 is 0 Å². The van der Waals surface area contributed by atoms with Crippen molar-refractivity contribution >= 4 is 23.2 Å². The van der Waals surface area contributed by atoms with Gasteiger partial charge >= 0.3 is 0 Å². The molecule has 0 spiro atoms. The van der Waals surface area contributed by atoms with E-state index >= 15 is 0 Å². The topological polar surface area (TPSA) is 58.7 Å². The van der Waals surface area contributed by atoms with Crippen LogP contribution in [0.15, 0.2) is 60.9 Å². The molecule has 1 fully saturated rings. The summed E-state index contributed by atoms with van der Waals surface area (Å²) in [5, 5.41) is 5.25. The molecule has 1 saturated heterocycles. The SMILES string of the molecule is Cc1cc(C(=O)N2CCN(Cc3cn4cc(Cl)ccc4n3)CC2)nn1-c1ccccc1. The molecule has 1 amide bonds. The molecule has 0 radical (unpaired) electrons. The number of aromatic nitrogens is 4. The van der Waals surface area contributed by atoms with E-state index in [1.165, 1.54) is 0 Å². The minimum atomic E-state index is -0.0141. The van der Waals surface area contributed by atoms with Crippen LogP contribution in [0.4, 0.5) is 0 Å². The van der Waals surface area contributed by atoms with Gasteiger partial charge in [-0.3, -0.25) is 9.69 Å². The molecule has 7 nitrogen and oxygen atoms in total. The second-order valence-electron chi connectivity index (χ2n) is 7.83. The third-order valence-electron chi connectivity index (χ3n) is 5.62. The third-order valence-corrected chi connectivity index (χ3v) is 5.84. The molecule has 158 valence electrons. The van der Waals surface area contributed by atoms with Gasteiger partial charge in [-0.15, -0.1) is 0 Å². The largest absolute Gasteiger partial charge is 0.335 e. The number of pyridine rings is 1. The highest BCUT2D eigenvalue weighted by atomic mass is 35.5. The number of aryl methyl sites for hydroxylation is 1. The Labute approximate surface area is 185 Å². The Morgan fingerprint density at radius 1 is 1.03 bits per heavy atom. The van der Waals surface area contributed by atoms with Crippen LogP contribution in [0.2, 0.25) is 5.02 Å². The summed E-state index contributed by atoms with van der Waals surface area (Å²) in [6.07, 6.45) is 3.87. The average Bonchev–Trinajstić information content (AvgIpc) is 3.37. The van der Waals surface area contributed by atoms with E-state index in [4.69, 9.17) is 11.6 Å². The van der Waals surface area contributed by atoms with Crippen molar-refractivity contribution in [3.63, 3.8) is 0 Å². The quantitative estimate of drug-likeness (QED) is 0.493. The first-order chi connectivity index (χ1) is 15.1. The number of amides is 1. The predicted octanol–water partition coefficient (Wildman–Crippen LogP) is 3.44. The van der Waals surface area contributed by atoms with E-state index in [-0.39, 0.29) is 5.91 Å². The minimum Gasteiger partial charge on any atom is -0.335 e. The lowest BCUT2D eigenvalue weighted by atomic mass is 10.2. The summed E-state index contributed by atoms with van der Waals surface area (Å²) in [5.74, 6) is -0.0141. The Morgan fingerprint density at radius 3 is 2.58 bits per heavy atom. The van der Waals surface area contributed by atoms with Crippen molar-refractivity contribution in [1.82, 2.24) is 29.0 Å². The van der Waals surface area contributed by atoms with Gasteiger partial charge in [0.1, 0.15) is 5.65 Å². The maximum Gasteiger partial charge on any atom is 0.274 e. The maximum absolute atomic E-state index is 13.0. The Bertz CT molecular complexity index is 1220. The van der Waals surface area contributed by atoms with Crippen LogP contribution in [0.5, 0.6) is 0 Å². The fraction of sp³-hybridized carbons (Fsp3) is 0.261. The predicted molar refractivity (Wildman–Crippen MR) is 120 cm³/mol. The van der Waals surface area contributed by atoms with Crippen molar-refractivity contribution in [3.8, 4) is 5.69 Å². The summed E-state index contributed by atoms with van der Waals surface area (Å²) in [5.41, 5.74) is 4.28. The molecule has 1 aromatic carbocycles. The lowest BCUT2D eigenvalue weighted by Crippen LogP contribution is -2.48. The molecule has 0 atom stereocenters. The summed E-state index contributed by atoms with van der Waals surface area (Å²) in [4.78, 5) is 21.9. The number of imidazole rings is 1. The maximum atomic E-state index is 13.0. The van der Waals surface area contributed by atoms with E-state index in [1.807, 2.05) is 81.8 Å². The second-order valence-corrected chi connectivity index (χ2v) is 8.27. The molecule has 0 saturated carbocycles. The van der Waals surface area contributed by atoms with Gasteiger partial charge in [0.2, 0.25) is 0 Å². The van der Waals surface area contributed by atoms with Crippen LogP contribution in [0.3, 0.4) is 0 Å². The van der Waals surface area contributed by atoms with Gasteiger partial charge < -0.3 is 9.30 Å². The lowest BCUT2D eigenvalue weighted by Gasteiger charge is -2.34. The van der Waals surface area contributed by atoms with Crippen molar-refractivity contribution in [2.75, 3.05) is 26.2 Å². The van der Waals surface area contributed by atoms with Gasteiger partial charge in [-0.05, 0) is 37.3 Å². The van der Waals surface area contributed by atoms with Crippen LogP contribution in [0, 0.1) is 6.92 Å².